The molecular weight excluding hydrogens is 434 g/mol. The van der Waals surface area contributed by atoms with Crippen LogP contribution in [0.5, 0.6) is 0 Å². The van der Waals surface area contributed by atoms with Crippen LogP contribution in [-0.4, -0.2) is 47.1 Å². The zero-order chi connectivity index (χ0) is 22.5. The van der Waals surface area contributed by atoms with Crippen LogP contribution in [0.4, 0.5) is 5.69 Å². The monoisotopic (exact) mass is 465 g/mol. The van der Waals surface area contributed by atoms with Crippen LogP contribution in [0.1, 0.15) is 43.6 Å². The molecule has 0 saturated carbocycles. The number of rotatable bonds is 7. The third kappa shape index (κ3) is 5.62. The molecule has 0 bridgehead atoms. The summed E-state index contributed by atoms with van der Waals surface area (Å²) >= 11 is 1.60. The molecular formula is C25H31N5O2S. The number of piperidine rings is 2. The molecule has 0 radical (unpaired) electrons. The number of nitrogens with zero attached hydrogens (tertiary/aromatic N) is 4. The molecule has 2 aromatic heterocycles. The van der Waals surface area contributed by atoms with E-state index in [0.717, 1.165) is 49.5 Å². The first-order chi connectivity index (χ1) is 16.2. The predicted molar refractivity (Wildman–Crippen MR) is 130 cm³/mol. The molecule has 1 amide bonds. The number of nitrogens with one attached hydrogen (secondary N) is 1. The summed E-state index contributed by atoms with van der Waals surface area (Å²) in [7, 11) is 0. The third-order valence-electron chi connectivity index (χ3n) is 6.57. The molecule has 2 aliphatic rings. The van der Waals surface area contributed by atoms with Crippen molar-refractivity contribution in [2.24, 2.45) is 5.92 Å². The molecule has 2 fully saturated rings. The summed E-state index contributed by atoms with van der Waals surface area (Å²) in [6, 6.07) is 12.6. The summed E-state index contributed by atoms with van der Waals surface area (Å²) in [6.45, 7) is 5.11. The molecule has 2 aliphatic heterocycles. The van der Waals surface area contributed by atoms with E-state index in [4.69, 9.17) is 4.52 Å². The van der Waals surface area contributed by atoms with Crippen LogP contribution in [0, 0.1) is 5.92 Å². The first-order valence-corrected chi connectivity index (χ1v) is 12.8. The Morgan fingerprint density at radius 1 is 1.09 bits per heavy atom. The minimum absolute atomic E-state index is 0.00828. The second kappa shape index (κ2) is 10.5. The highest BCUT2D eigenvalue weighted by Gasteiger charge is 2.27. The van der Waals surface area contributed by atoms with E-state index >= 15 is 0 Å². The maximum atomic E-state index is 12.8. The van der Waals surface area contributed by atoms with E-state index in [2.05, 4.69) is 49.5 Å². The molecule has 1 atom stereocenters. The topological polar surface area (TPSA) is 74.5 Å². The van der Waals surface area contributed by atoms with Gasteiger partial charge in [0.15, 0.2) is 0 Å². The average Bonchev–Trinajstić information content (AvgIpc) is 3.56. The molecule has 33 heavy (non-hydrogen) atoms. The van der Waals surface area contributed by atoms with Gasteiger partial charge in [-0.2, -0.15) is 4.98 Å². The van der Waals surface area contributed by atoms with Gasteiger partial charge in [0.05, 0.1) is 17.3 Å². The van der Waals surface area contributed by atoms with Gasteiger partial charge in [-0.3, -0.25) is 9.69 Å². The SMILES string of the molecule is O=C(NCc1ccc(N2CCCCC2)cc1)C1CCCN(Cc2nc(-c3cccs3)no2)C1. The van der Waals surface area contributed by atoms with Crippen LogP contribution in [0.25, 0.3) is 10.7 Å². The first-order valence-electron chi connectivity index (χ1n) is 11.9. The van der Waals surface area contributed by atoms with Gasteiger partial charge in [-0.25, -0.2) is 0 Å². The molecule has 4 heterocycles. The lowest BCUT2D eigenvalue weighted by molar-refractivity contribution is -0.127. The number of carbonyl (C=O) groups is 1. The maximum absolute atomic E-state index is 12.8. The third-order valence-corrected chi connectivity index (χ3v) is 7.43. The molecule has 174 valence electrons. The summed E-state index contributed by atoms with van der Waals surface area (Å²) in [4.78, 5) is 23.1. The van der Waals surface area contributed by atoms with Crippen molar-refractivity contribution in [3.8, 4) is 10.7 Å². The molecule has 0 aliphatic carbocycles. The first kappa shape index (κ1) is 22.1. The van der Waals surface area contributed by atoms with Crippen molar-refractivity contribution in [3.63, 3.8) is 0 Å². The van der Waals surface area contributed by atoms with Gasteiger partial charge in [-0.05, 0) is 67.8 Å². The summed E-state index contributed by atoms with van der Waals surface area (Å²) in [5, 5.41) is 9.24. The van der Waals surface area contributed by atoms with Gasteiger partial charge in [0.25, 0.3) is 0 Å². The Hall–Kier alpha value is -2.71. The van der Waals surface area contributed by atoms with Crippen molar-refractivity contribution in [2.75, 3.05) is 31.1 Å². The maximum Gasteiger partial charge on any atom is 0.241 e. The van der Waals surface area contributed by atoms with Crippen LogP contribution >= 0.6 is 11.3 Å². The largest absolute Gasteiger partial charge is 0.372 e. The van der Waals surface area contributed by atoms with Gasteiger partial charge >= 0.3 is 0 Å². The second-order valence-electron chi connectivity index (χ2n) is 9.00. The van der Waals surface area contributed by atoms with Gasteiger partial charge < -0.3 is 14.7 Å². The Kier molecular flexibility index (Phi) is 7.02. The highest BCUT2D eigenvalue weighted by Crippen LogP contribution is 2.24. The molecule has 1 aromatic carbocycles. The lowest BCUT2D eigenvalue weighted by atomic mass is 9.97. The Labute approximate surface area is 198 Å². The van der Waals surface area contributed by atoms with Crippen LogP contribution in [0.3, 0.4) is 0 Å². The molecule has 0 spiro atoms. The lowest BCUT2D eigenvalue weighted by Crippen LogP contribution is -2.42. The second-order valence-corrected chi connectivity index (χ2v) is 9.94. The molecule has 8 heteroatoms. The highest BCUT2D eigenvalue weighted by molar-refractivity contribution is 7.13. The highest BCUT2D eigenvalue weighted by atomic mass is 32.1. The fourth-order valence-corrected chi connectivity index (χ4v) is 5.39. The van der Waals surface area contributed by atoms with Crippen LogP contribution < -0.4 is 10.2 Å². The number of amides is 1. The fourth-order valence-electron chi connectivity index (χ4n) is 4.74. The van der Waals surface area contributed by atoms with E-state index in [0.29, 0.717) is 24.8 Å². The lowest BCUT2D eigenvalue weighted by Gasteiger charge is -2.31. The van der Waals surface area contributed by atoms with Gasteiger partial charge in [0.2, 0.25) is 17.6 Å². The van der Waals surface area contributed by atoms with Gasteiger partial charge in [-0.1, -0.05) is 23.4 Å². The molecule has 1 unspecified atom stereocenters. The Morgan fingerprint density at radius 3 is 2.73 bits per heavy atom. The number of hydrogen-bond acceptors (Lipinski definition) is 7. The van der Waals surface area contributed by atoms with Crippen molar-refractivity contribution in [1.29, 1.82) is 0 Å². The number of benzene rings is 1. The Balaban J connectivity index is 1.10. The summed E-state index contributed by atoms with van der Waals surface area (Å²) < 4.78 is 5.45. The van der Waals surface area contributed by atoms with Gasteiger partial charge in [0, 0.05) is 31.9 Å². The van der Waals surface area contributed by atoms with E-state index in [1.165, 1.54) is 24.9 Å². The van der Waals surface area contributed by atoms with E-state index in [-0.39, 0.29) is 11.8 Å². The summed E-state index contributed by atoms with van der Waals surface area (Å²) in [5.74, 6) is 1.36. The number of thiophene rings is 1. The number of hydrogen-bond donors (Lipinski definition) is 1. The van der Waals surface area contributed by atoms with Gasteiger partial charge in [-0.15, -0.1) is 11.3 Å². The standard InChI is InChI=1S/C25H31N5O2S/c31-25(26-16-19-8-10-21(11-9-19)30-13-2-1-3-14-30)20-6-4-12-29(17-20)18-23-27-24(28-32-23)22-7-5-15-33-22/h5,7-11,15,20H,1-4,6,12-14,16-18H2,(H,26,31). The van der Waals surface area contributed by atoms with Crippen molar-refractivity contribution in [3.05, 3.63) is 53.2 Å². The van der Waals surface area contributed by atoms with E-state index < -0.39 is 0 Å². The number of aromatic nitrogens is 2. The summed E-state index contributed by atoms with van der Waals surface area (Å²) in [5.41, 5.74) is 2.43. The van der Waals surface area contributed by atoms with E-state index in [1.807, 2.05) is 17.5 Å². The number of likely N-dealkylation sites (tertiary alicyclic amines) is 1. The number of anilines is 1. The molecule has 3 aromatic rings. The smallest absolute Gasteiger partial charge is 0.241 e. The molecule has 1 N–H and O–H groups in total. The van der Waals surface area contributed by atoms with Crippen LogP contribution in [-0.2, 0) is 17.9 Å². The van der Waals surface area contributed by atoms with E-state index in [1.54, 1.807) is 11.3 Å². The van der Waals surface area contributed by atoms with Crippen molar-refractivity contribution >= 4 is 22.9 Å². The quantitative estimate of drug-likeness (QED) is 0.560. The van der Waals surface area contributed by atoms with E-state index in [9.17, 15) is 4.79 Å². The Morgan fingerprint density at radius 2 is 1.94 bits per heavy atom. The zero-order valence-electron chi connectivity index (χ0n) is 18.9. The number of carbonyl (C=O) groups excluding carboxylic acids is 1. The van der Waals surface area contributed by atoms with Crippen LogP contribution in [0.2, 0.25) is 0 Å². The Bertz CT molecular complexity index is 1030. The van der Waals surface area contributed by atoms with Crippen LogP contribution in [0.15, 0.2) is 46.3 Å². The van der Waals surface area contributed by atoms with Crippen molar-refractivity contribution < 1.29 is 9.32 Å². The predicted octanol–water partition coefficient (Wildman–Crippen LogP) is 4.32. The van der Waals surface area contributed by atoms with Crippen molar-refractivity contribution in [1.82, 2.24) is 20.4 Å². The fraction of sp³-hybridized carbons (Fsp3) is 0.480. The minimum Gasteiger partial charge on any atom is -0.372 e. The average molecular weight is 466 g/mol. The summed E-state index contributed by atoms with van der Waals surface area (Å²) in [6.07, 6.45) is 5.80. The molecule has 7 nitrogen and oxygen atoms in total. The molecule has 2 saturated heterocycles. The zero-order valence-corrected chi connectivity index (χ0v) is 19.7. The molecule has 5 rings (SSSR count). The van der Waals surface area contributed by atoms with Crippen molar-refractivity contribution in [2.45, 2.75) is 45.2 Å². The minimum atomic E-state index is -0.00828. The van der Waals surface area contributed by atoms with Gasteiger partial charge in [0.1, 0.15) is 0 Å². The normalized spacial score (nSPS) is 19.5.